The molecule has 0 saturated carbocycles. The summed E-state index contributed by atoms with van der Waals surface area (Å²) in [5, 5.41) is 0.0130. The van der Waals surface area contributed by atoms with E-state index in [4.69, 9.17) is 22.1 Å². The fourth-order valence-corrected chi connectivity index (χ4v) is 1.12. The molecule has 1 aromatic carbocycles. The van der Waals surface area contributed by atoms with Gasteiger partial charge in [0.15, 0.2) is 0 Å². The molecule has 0 heterocycles. The van der Waals surface area contributed by atoms with Crippen LogP contribution in [-0.2, 0) is 0 Å². The lowest BCUT2D eigenvalue weighted by Gasteiger charge is -2.14. The van der Waals surface area contributed by atoms with E-state index < -0.39 is 5.82 Å². The van der Waals surface area contributed by atoms with Crippen molar-refractivity contribution in [3.05, 3.63) is 23.0 Å². The number of rotatable bonds is 3. The van der Waals surface area contributed by atoms with Crippen molar-refractivity contribution in [1.29, 1.82) is 0 Å². The van der Waals surface area contributed by atoms with Crippen molar-refractivity contribution in [2.24, 2.45) is 0 Å². The molecular formula is C10H13ClFNO. The van der Waals surface area contributed by atoms with Crippen LogP contribution in [0.4, 0.5) is 10.1 Å². The maximum absolute atomic E-state index is 13.0. The van der Waals surface area contributed by atoms with Gasteiger partial charge in [-0.05, 0) is 19.4 Å². The molecule has 1 rings (SSSR count). The Hall–Kier alpha value is -0.960. The zero-order valence-corrected chi connectivity index (χ0v) is 8.94. The largest absolute Gasteiger partial charge is 0.488 e. The summed E-state index contributed by atoms with van der Waals surface area (Å²) >= 11 is 5.55. The highest BCUT2D eigenvalue weighted by Crippen LogP contribution is 2.28. The molecule has 1 unspecified atom stereocenters. The Labute approximate surface area is 87.8 Å². The van der Waals surface area contributed by atoms with Gasteiger partial charge in [0, 0.05) is 6.07 Å². The van der Waals surface area contributed by atoms with Gasteiger partial charge in [-0.15, -0.1) is 0 Å². The Morgan fingerprint density at radius 3 is 2.79 bits per heavy atom. The van der Waals surface area contributed by atoms with Crippen molar-refractivity contribution in [3.8, 4) is 5.75 Å². The first-order chi connectivity index (χ1) is 6.54. The first kappa shape index (κ1) is 11.1. The van der Waals surface area contributed by atoms with Gasteiger partial charge >= 0.3 is 0 Å². The molecule has 0 saturated heterocycles. The van der Waals surface area contributed by atoms with E-state index in [1.54, 1.807) is 0 Å². The Kier molecular flexibility index (Phi) is 3.58. The highest BCUT2D eigenvalue weighted by Gasteiger charge is 2.09. The molecule has 14 heavy (non-hydrogen) atoms. The van der Waals surface area contributed by atoms with Gasteiger partial charge in [-0.1, -0.05) is 18.5 Å². The van der Waals surface area contributed by atoms with Crippen LogP contribution < -0.4 is 10.5 Å². The monoisotopic (exact) mass is 217 g/mol. The first-order valence-corrected chi connectivity index (χ1v) is 4.83. The lowest BCUT2D eigenvalue weighted by molar-refractivity contribution is 0.218. The van der Waals surface area contributed by atoms with Gasteiger partial charge in [0.05, 0.1) is 16.8 Å². The zero-order chi connectivity index (χ0) is 10.7. The Morgan fingerprint density at radius 1 is 1.57 bits per heavy atom. The lowest BCUT2D eigenvalue weighted by atomic mass is 10.2. The van der Waals surface area contributed by atoms with Gasteiger partial charge in [-0.25, -0.2) is 4.39 Å². The molecule has 4 heteroatoms. The third-order valence-electron chi connectivity index (χ3n) is 1.96. The highest BCUT2D eigenvalue weighted by atomic mass is 35.5. The number of hydrogen-bond donors (Lipinski definition) is 1. The maximum Gasteiger partial charge on any atom is 0.145 e. The summed E-state index contributed by atoms with van der Waals surface area (Å²) < 4.78 is 18.5. The minimum absolute atomic E-state index is 0.0119. The number of hydrogen-bond acceptors (Lipinski definition) is 2. The number of nitrogen functional groups attached to an aromatic ring is 1. The summed E-state index contributed by atoms with van der Waals surface area (Å²) in [5.41, 5.74) is 5.98. The molecule has 0 spiro atoms. The minimum Gasteiger partial charge on any atom is -0.488 e. The number of nitrogens with two attached hydrogens (primary N) is 1. The van der Waals surface area contributed by atoms with Gasteiger partial charge in [-0.2, -0.15) is 0 Å². The van der Waals surface area contributed by atoms with E-state index in [2.05, 4.69) is 0 Å². The topological polar surface area (TPSA) is 35.2 Å². The van der Waals surface area contributed by atoms with E-state index in [-0.39, 0.29) is 11.1 Å². The molecule has 0 fully saturated rings. The molecule has 0 aliphatic heterocycles. The Balaban J connectivity index is 2.92. The molecule has 78 valence electrons. The fourth-order valence-electron chi connectivity index (χ4n) is 0.946. The van der Waals surface area contributed by atoms with Gasteiger partial charge in [0.2, 0.25) is 0 Å². The molecule has 1 atom stereocenters. The van der Waals surface area contributed by atoms with Crippen LogP contribution in [0.2, 0.25) is 5.02 Å². The maximum atomic E-state index is 13.0. The van der Waals surface area contributed by atoms with Crippen LogP contribution in [0.15, 0.2) is 12.1 Å². The molecular weight excluding hydrogens is 205 g/mol. The number of halogens is 2. The molecule has 0 radical (unpaired) electrons. The quantitative estimate of drug-likeness (QED) is 0.789. The van der Waals surface area contributed by atoms with E-state index in [0.29, 0.717) is 11.4 Å². The third-order valence-corrected chi connectivity index (χ3v) is 2.25. The average molecular weight is 218 g/mol. The predicted octanol–water partition coefficient (Wildman–Crippen LogP) is 3.24. The van der Waals surface area contributed by atoms with E-state index in [1.807, 2.05) is 13.8 Å². The zero-order valence-electron chi connectivity index (χ0n) is 8.18. The predicted molar refractivity (Wildman–Crippen MR) is 56.2 cm³/mol. The SMILES string of the molecule is CCC(C)Oc1cc(F)c(Cl)cc1N. The van der Waals surface area contributed by atoms with Crippen LogP contribution in [-0.4, -0.2) is 6.10 Å². The first-order valence-electron chi connectivity index (χ1n) is 4.45. The summed E-state index contributed by atoms with van der Waals surface area (Å²) in [6.45, 7) is 3.87. The van der Waals surface area contributed by atoms with Crippen molar-refractivity contribution in [1.82, 2.24) is 0 Å². The molecule has 2 nitrogen and oxygen atoms in total. The van der Waals surface area contributed by atoms with Crippen LogP contribution in [0.1, 0.15) is 20.3 Å². The van der Waals surface area contributed by atoms with E-state index in [0.717, 1.165) is 6.42 Å². The molecule has 2 N–H and O–H groups in total. The second-order valence-electron chi connectivity index (χ2n) is 3.14. The van der Waals surface area contributed by atoms with E-state index >= 15 is 0 Å². The fraction of sp³-hybridized carbons (Fsp3) is 0.400. The minimum atomic E-state index is -0.515. The number of ether oxygens (including phenoxy) is 1. The summed E-state index contributed by atoms with van der Waals surface area (Å²) in [6, 6.07) is 2.57. The standard InChI is InChI=1S/C10H13ClFNO/c1-3-6(2)14-10-5-8(12)7(11)4-9(10)13/h4-6H,3,13H2,1-2H3. The van der Waals surface area contributed by atoms with Crippen molar-refractivity contribution in [3.63, 3.8) is 0 Å². The van der Waals surface area contributed by atoms with Gasteiger partial charge in [0.25, 0.3) is 0 Å². The highest BCUT2D eigenvalue weighted by molar-refractivity contribution is 6.31. The summed E-state index contributed by atoms with van der Waals surface area (Å²) in [5.74, 6) is -0.166. The molecule has 0 amide bonds. The summed E-state index contributed by atoms with van der Waals surface area (Å²) in [7, 11) is 0. The number of anilines is 1. The second-order valence-corrected chi connectivity index (χ2v) is 3.55. The van der Waals surface area contributed by atoms with Crippen LogP contribution in [0.3, 0.4) is 0 Å². The Bertz CT molecular complexity index is 330. The summed E-state index contributed by atoms with van der Waals surface area (Å²) in [6.07, 6.45) is 0.849. The van der Waals surface area contributed by atoms with E-state index in [9.17, 15) is 4.39 Å². The van der Waals surface area contributed by atoms with Crippen LogP contribution in [0, 0.1) is 5.82 Å². The molecule has 0 aliphatic carbocycles. The van der Waals surface area contributed by atoms with Crippen molar-refractivity contribution in [2.75, 3.05) is 5.73 Å². The summed E-state index contributed by atoms with van der Waals surface area (Å²) in [4.78, 5) is 0. The lowest BCUT2D eigenvalue weighted by Crippen LogP contribution is -2.11. The molecule has 0 aliphatic rings. The van der Waals surface area contributed by atoms with Crippen molar-refractivity contribution in [2.45, 2.75) is 26.4 Å². The van der Waals surface area contributed by atoms with E-state index in [1.165, 1.54) is 12.1 Å². The molecule has 1 aromatic rings. The van der Waals surface area contributed by atoms with Crippen molar-refractivity contribution < 1.29 is 9.13 Å². The van der Waals surface area contributed by atoms with Gasteiger partial charge < -0.3 is 10.5 Å². The van der Waals surface area contributed by atoms with Crippen LogP contribution in [0.5, 0.6) is 5.75 Å². The normalized spacial score (nSPS) is 12.6. The smallest absolute Gasteiger partial charge is 0.145 e. The van der Waals surface area contributed by atoms with Gasteiger partial charge in [0.1, 0.15) is 11.6 Å². The van der Waals surface area contributed by atoms with Gasteiger partial charge in [-0.3, -0.25) is 0 Å². The molecule has 0 bridgehead atoms. The third kappa shape index (κ3) is 2.51. The average Bonchev–Trinajstić information content (AvgIpc) is 2.14. The van der Waals surface area contributed by atoms with Crippen molar-refractivity contribution >= 4 is 17.3 Å². The molecule has 0 aromatic heterocycles. The Morgan fingerprint density at radius 2 is 2.21 bits per heavy atom. The number of benzene rings is 1. The van der Waals surface area contributed by atoms with Crippen LogP contribution >= 0.6 is 11.6 Å². The second kappa shape index (κ2) is 4.51. The van der Waals surface area contributed by atoms with Crippen LogP contribution in [0.25, 0.3) is 0 Å².